The van der Waals surface area contributed by atoms with Gasteiger partial charge in [0.1, 0.15) is 0 Å². The Labute approximate surface area is 164 Å². The molecule has 0 aliphatic heterocycles. The van der Waals surface area contributed by atoms with Crippen molar-refractivity contribution in [3.05, 3.63) is 0 Å². The molecular formula is C20H32O8. The first-order valence-electron chi connectivity index (χ1n) is 10.00. The van der Waals surface area contributed by atoms with E-state index in [1.807, 2.05) is 0 Å². The van der Waals surface area contributed by atoms with E-state index in [9.17, 15) is 19.2 Å². The molecule has 0 spiro atoms. The molecule has 0 aromatic rings. The van der Waals surface area contributed by atoms with Crippen molar-refractivity contribution >= 4 is 23.9 Å². The van der Waals surface area contributed by atoms with Gasteiger partial charge in [0, 0.05) is 0 Å². The highest BCUT2D eigenvalue weighted by Crippen LogP contribution is 2.59. The highest BCUT2D eigenvalue weighted by molar-refractivity contribution is 5.76. The maximum atomic E-state index is 11.2. The lowest BCUT2D eigenvalue weighted by Gasteiger charge is -2.51. The Morgan fingerprint density at radius 2 is 0.679 bits per heavy atom. The van der Waals surface area contributed by atoms with E-state index in [1.165, 1.54) is 38.5 Å². The molecular weight excluding hydrogens is 368 g/mol. The van der Waals surface area contributed by atoms with Gasteiger partial charge in [-0.15, -0.1) is 0 Å². The quantitative estimate of drug-likeness (QED) is 0.481. The van der Waals surface area contributed by atoms with Gasteiger partial charge in [0.15, 0.2) is 0 Å². The summed E-state index contributed by atoms with van der Waals surface area (Å²) in [6.45, 7) is 0. The molecule has 0 unspecified atom stereocenters. The number of hydrogen-bond donors (Lipinski definition) is 4. The van der Waals surface area contributed by atoms with Crippen LogP contribution in [0.2, 0.25) is 0 Å². The molecule has 0 saturated heterocycles. The van der Waals surface area contributed by atoms with Crippen molar-refractivity contribution < 1.29 is 39.6 Å². The summed E-state index contributed by atoms with van der Waals surface area (Å²) in [7, 11) is 0. The van der Waals surface area contributed by atoms with Crippen molar-refractivity contribution in [1.29, 1.82) is 0 Å². The van der Waals surface area contributed by atoms with Crippen LogP contribution in [0.25, 0.3) is 0 Å². The third-order valence-corrected chi connectivity index (χ3v) is 6.14. The van der Waals surface area contributed by atoms with Gasteiger partial charge in [-0.1, -0.05) is 51.4 Å². The molecule has 2 saturated carbocycles. The second-order valence-electron chi connectivity index (χ2n) is 8.17. The summed E-state index contributed by atoms with van der Waals surface area (Å²) in [5.74, 6) is -4.99. The van der Waals surface area contributed by atoms with Gasteiger partial charge in [-0.05, 0) is 23.7 Å². The minimum absolute atomic E-state index is 0.201. The van der Waals surface area contributed by atoms with Gasteiger partial charge in [0.2, 0.25) is 0 Å². The lowest BCUT2D eigenvalue weighted by atomic mass is 9.50. The first-order valence-corrected chi connectivity index (χ1v) is 10.00. The highest BCUT2D eigenvalue weighted by Gasteiger charge is 2.56. The van der Waals surface area contributed by atoms with Crippen LogP contribution in [-0.2, 0) is 19.2 Å². The van der Waals surface area contributed by atoms with Crippen molar-refractivity contribution in [3.8, 4) is 0 Å². The Bertz CT molecular complexity index is 477. The van der Waals surface area contributed by atoms with Crippen LogP contribution < -0.4 is 0 Å². The molecule has 0 radical (unpaired) electrons. The number of hydrogen-bond acceptors (Lipinski definition) is 4. The standard InChI is InChI=1S/C14H20O8.C6H12/c15-9(16)5-13(6-10(17)18)3-1-2-4-14(13,7-11(19)20)8-12(21)22;1-2-4-6-5-3-1/h1-8H2,(H,15,16)(H,17,18)(H,19,20)(H,21,22);1-6H2. The normalized spacial score (nSPS) is 20.3. The van der Waals surface area contributed by atoms with Crippen molar-refractivity contribution in [1.82, 2.24) is 0 Å². The van der Waals surface area contributed by atoms with Crippen LogP contribution in [-0.4, -0.2) is 44.3 Å². The van der Waals surface area contributed by atoms with Crippen LogP contribution in [0, 0.1) is 10.8 Å². The molecule has 0 bridgehead atoms. The van der Waals surface area contributed by atoms with Gasteiger partial charge < -0.3 is 20.4 Å². The summed E-state index contributed by atoms with van der Waals surface area (Å²) in [4.78, 5) is 44.9. The van der Waals surface area contributed by atoms with Crippen molar-refractivity contribution in [2.45, 2.75) is 89.9 Å². The number of aliphatic carboxylic acids is 4. The summed E-state index contributed by atoms with van der Waals surface area (Å²) >= 11 is 0. The van der Waals surface area contributed by atoms with E-state index in [0.29, 0.717) is 12.8 Å². The van der Waals surface area contributed by atoms with E-state index in [-0.39, 0.29) is 12.8 Å². The zero-order chi connectivity index (χ0) is 21.2. The van der Waals surface area contributed by atoms with Crippen LogP contribution >= 0.6 is 0 Å². The molecule has 28 heavy (non-hydrogen) atoms. The van der Waals surface area contributed by atoms with Gasteiger partial charge in [0.25, 0.3) is 0 Å². The maximum absolute atomic E-state index is 11.2. The second kappa shape index (κ2) is 11.0. The van der Waals surface area contributed by atoms with E-state index in [0.717, 1.165) is 0 Å². The minimum atomic E-state index is -1.36. The molecule has 2 fully saturated rings. The highest BCUT2D eigenvalue weighted by atomic mass is 16.4. The molecule has 2 aliphatic carbocycles. The third kappa shape index (κ3) is 7.13. The Kier molecular flexibility index (Phi) is 9.41. The van der Waals surface area contributed by atoms with Crippen molar-refractivity contribution in [2.75, 3.05) is 0 Å². The van der Waals surface area contributed by atoms with Gasteiger partial charge in [-0.3, -0.25) is 19.2 Å². The largest absolute Gasteiger partial charge is 0.481 e. The molecule has 2 rings (SSSR count). The molecule has 0 aromatic carbocycles. The monoisotopic (exact) mass is 400 g/mol. The smallest absolute Gasteiger partial charge is 0.303 e. The fraction of sp³-hybridized carbons (Fsp3) is 0.800. The average Bonchev–Trinajstić information content (AvgIpc) is 2.57. The van der Waals surface area contributed by atoms with Gasteiger partial charge >= 0.3 is 23.9 Å². The lowest BCUT2D eigenvalue weighted by molar-refractivity contribution is -0.166. The summed E-state index contributed by atoms with van der Waals surface area (Å²) in [6.07, 6.45) is 8.35. The molecule has 8 heteroatoms. The molecule has 160 valence electrons. The molecule has 0 atom stereocenters. The third-order valence-electron chi connectivity index (χ3n) is 6.14. The summed E-state index contributed by atoms with van der Waals surface area (Å²) in [5.41, 5.74) is -2.72. The molecule has 2 aliphatic rings. The first kappa shape index (κ1) is 23.9. The lowest BCUT2D eigenvalue weighted by Crippen LogP contribution is -2.49. The van der Waals surface area contributed by atoms with Crippen LogP contribution in [0.3, 0.4) is 0 Å². The summed E-state index contributed by atoms with van der Waals surface area (Å²) in [5, 5.41) is 36.6. The summed E-state index contributed by atoms with van der Waals surface area (Å²) < 4.78 is 0. The Hall–Kier alpha value is -2.12. The molecule has 8 nitrogen and oxygen atoms in total. The number of carboxylic acids is 4. The van der Waals surface area contributed by atoms with Gasteiger partial charge in [0.05, 0.1) is 25.7 Å². The van der Waals surface area contributed by atoms with Crippen LogP contribution in [0.5, 0.6) is 0 Å². The molecule has 0 aromatic heterocycles. The number of carboxylic acid groups (broad SMARTS) is 4. The Morgan fingerprint density at radius 3 is 0.857 bits per heavy atom. The van der Waals surface area contributed by atoms with Crippen LogP contribution in [0.15, 0.2) is 0 Å². The molecule has 4 N–H and O–H groups in total. The fourth-order valence-corrected chi connectivity index (χ4v) is 4.90. The molecule has 0 amide bonds. The Morgan fingerprint density at radius 1 is 0.464 bits per heavy atom. The van der Waals surface area contributed by atoms with Crippen molar-refractivity contribution in [3.63, 3.8) is 0 Å². The first-order chi connectivity index (χ1) is 13.1. The van der Waals surface area contributed by atoms with E-state index in [2.05, 4.69) is 0 Å². The second-order valence-corrected chi connectivity index (χ2v) is 8.17. The molecule has 0 heterocycles. The van der Waals surface area contributed by atoms with Gasteiger partial charge in [-0.25, -0.2) is 0 Å². The number of rotatable bonds is 8. The Balaban J connectivity index is 0.000000552. The number of carbonyl (C=O) groups is 4. The van der Waals surface area contributed by atoms with Crippen LogP contribution in [0.4, 0.5) is 0 Å². The van der Waals surface area contributed by atoms with Crippen molar-refractivity contribution in [2.24, 2.45) is 10.8 Å². The topological polar surface area (TPSA) is 149 Å². The van der Waals surface area contributed by atoms with E-state index in [1.54, 1.807) is 0 Å². The zero-order valence-electron chi connectivity index (χ0n) is 16.3. The SMILES string of the molecule is C1CCCCC1.O=C(O)CC1(CC(=O)O)CCCCC1(CC(=O)O)CC(=O)O. The zero-order valence-corrected chi connectivity index (χ0v) is 16.3. The minimum Gasteiger partial charge on any atom is -0.481 e. The maximum Gasteiger partial charge on any atom is 0.303 e. The summed E-state index contributed by atoms with van der Waals surface area (Å²) in [6, 6.07) is 0. The van der Waals surface area contributed by atoms with E-state index in [4.69, 9.17) is 20.4 Å². The van der Waals surface area contributed by atoms with E-state index >= 15 is 0 Å². The van der Waals surface area contributed by atoms with E-state index < -0.39 is 60.4 Å². The van der Waals surface area contributed by atoms with Gasteiger partial charge in [-0.2, -0.15) is 0 Å². The predicted molar refractivity (Wildman–Crippen MR) is 100 cm³/mol. The average molecular weight is 400 g/mol. The van der Waals surface area contributed by atoms with Crippen LogP contribution in [0.1, 0.15) is 89.9 Å². The fourth-order valence-electron chi connectivity index (χ4n) is 4.90. The predicted octanol–water partition coefficient (Wildman–Crippen LogP) is 3.77.